The molecule has 0 aliphatic heterocycles. The van der Waals surface area contributed by atoms with Crippen LogP contribution in [0.15, 0.2) is 192 Å². The zero-order valence-electron chi connectivity index (χ0n) is 27.3. The maximum Gasteiger partial charge on any atom is 0.143 e. The van der Waals surface area contributed by atoms with E-state index >= 15 is 0 Å². The molecule has 50 heavy (non-hydrogen) atoms. The van der Waals surface area contributed by atoms with Crippen LogP contribution in [0.4, 0.5) is 17.1 Å². The van der Waals surface area contributed by atoms with Crippen molar-refractivity contribution in [2.75, 3.05) is 4.90 Å². The van der Waals surface area contributed by atoms with Gasteiger partial charge in [0.1, 0.15) is 11.2 Å². The van der Waals surface area contributed by atoms with Gasteiger partial charge in [0.05, 0.1) is 5.69 Å². The molecule has 0 saturated carbocycles. The number of hydrogen-bond donors (Lipinski definition) is 0. The third-order valence-corrected chi connectivity index (χ3v) is 10.0. The van der Waals surface area contributed by atoms with Gasteiger partial charge in [0.15, 0.2) is 0 Å². The lowest BCUT2D eigenvalue weighted by molar-refractivity contribution is 0.672. The second-order valence-electron chi connectivity index (χ2n) is 12.9. The van der Waals surface area contributed by atoms with Crippen LogP contribution in [0.3, 0.4) is 0 Å². The van der Waals surface area contributed by atoms with Gasteiger partial charge in [-0.3, -0.25) is 0 Å². The summed E-state index contributed by atoms with van der Waals surface area (Å²) in [6, 6.07) is 67.5. The van der Waals surface area contributed by atoms with E-state index in [1.165, 1.54) is 43.6 Å². The molecule has 0 fully saturated rings. The topological polar surface area (TPSA) is 16.4 Å². The largest absolute Gasteiger partial charge is 0.455 e. The Hall–Kier alpha value is -6.64. The Morgan fingerprint density at radius 3 is 1.88 bits per heavy atom. The van der Waals surface area contributed by atoms with Gasteiger partial charge >= 0.3 is 0 Å². The van der Waals surface area contributed by atoms with Gasteiger partial charge in [-0.05, 0) is 86.1 Å². The van der Waals surface area contributed by atoms with Crippen LogP contribution in [-0.4, -0.2) is 0 Å². The summed E-state index contributed by atoms with van der Waals surface area (Å²) in [4.78, 5) is 2.37. The molecule has 0 atom stereocenters. The van der Waals surface area contributed by atoms with Gasteiger partial charge in [-0.1, -0.05) is 140 Å². The highest BCUT2D eigenvalue weighted by molar-refractivity contribution is 6.16. The van der Waals surface area contributed by atoms with Crippen LogP contribution in [0.1, 0.15) is 0 Å². The van der Waals surface area contributed by atoms with Crippen LogP contribution in [0.5, 0.6) is 0 Å². The Balaban J connectivity index is 1.21. The molecule has 0 saturated heterocycles. The lowest BCUT2D eigenvalue weighted by Gasteiger charge is -2.28. The van der Waals surface area contributed by atoms with Crippen molar-refractivity contribution >= 4 is 71.3 Å². The molecule has 0 aliphatic rings. The second kappa shape index (κ2) is 11.5. The minimum atomic E-state index is 0.868. The fourth-order valence-electron chi connectivity index (χ4n) is 7.70. The van der Waals surface area contributed by atoms with E-state index in [4.69, 9.17) is 4.42 Å². The normalized spacial score (nSPS) is 11.6. The van der Waals surface area contributed by atoms with E-state index < -0.39 is 0 Å². The van der Waals surface area contributed by atoms with E-state index in [1.807, 2.05) is 0 Å². The molecule has 0 amide bonds. The van der Waals surface area contributed by atoms with E-state index in [1.54, 1.807) is 0 Å². The number of fused-ring (bicyclic) bond motifs is 8. The molecule has 0 bridgehead atoms. The van der Waals surface area contributed by atoms with Crippen molar-refractivity contribution in [3.8, 4) is 22.3 Å². The van der Waals surface area contributed by atoms with Gasteiger partial charge in [-0.2, -0.15) is 0 Å². The zero-order valence-corrected chi connectivity index (χ0v) is 27.3. The molecule has 10 aromatic rings. The summed E-state index contributed by atoms with van der Waals surface area (Å²) in [6.45, 7) is 0. The van der Waals surface area contributed by atoms with Crippen LogP contribution in [-0.2, 0) is 0 Å². The monoisotopic (exact) mass is 637 g/mol. The number of rotatable bonds is 5. The van der Waals surface area contributed by atoms with Gasteiger partial charge in [0, 0.05) is 39.2 Å². The van der Waals surface area contributed by atoms with Gasteiger partial charge in [-0.15, -0.1) is 0 Å². The number of hydrogen-bond acceptors (Lipinski definition) is 2. The molecule has 0 aliphatic carbocycles. The Kier molecular flexibility index (Phi) is 6.53. The zero-order chi connectivity index (χ0) is 33.0. The molecule has 0 spiro atoms. The fourth-order valence-corrected chi connectivity index (χ4v) is 7.70. The van der Waals surface area contributed by atoms with E-state index in [0.29, 0.717) is 0 Å². The third-order valence-electron chi connectivity index (χ3n) is 10.0. The molecule has 0 radical (unpaired) electrons. The lowest BCUT2D eigenvalue weighted by atomic mass is 9.93. The van der Waals surface area contributed by atoms with Crippen LogP contribution in [0.25, 0.3) is 76.5 Å². The molecule has 1 heterocycles. The SMILES string of the molecule is c1ccc(-c2ccccc2N(c2cccc(-c3cc4ccccc4c4ccccc34)c2)c2ccc3c(c2)oc2c4ccccc4ccc32)cc1. The van der Waals surface area contributed by atoms with Gasteiger partial charge < -0.3 is 9.32 Å². The molecule has 9 aromatic carbocycles. The number of para-hydroxylation sites is 1. The van der Waals surface area contributed by atoms with Crippen LogP contribution < -0.4 is 4.90 Å². The van der Waals surface area contributed by atoms with Gasteiger partial charge in [0.2, 0.25) is 0 Å². The Bertz CT molecular complexity index is 2880. The average molecular weight is 638 g/mol. The molecular weight excluding hydrogens is 607 g/mol. The highest BCUT2D eigenvalue weighted by Gasteiger charge is 2.20. The Morgan fingerprint density at radius 2 is 1.00 bits per heavy atom. The highest BCUT2D eigenvalue weighted by atomic mass is 16.3. The molecule has 2 nitrogen and oxygen atoms in total. The molecule has 0 N–H and O–H groups in total. The predicted octanol–water partition coefficient (Wildman–Crippen LogP) is 13.8. The van der Waals surface area contributed by atoms with Crippen LogP contribution in [0.2, 0.25) is 0 Å². The summed E-state index contributed by atoms with van der Waals surface area (Å²) >= 11 is 0. The molecule has 1 aromatic heterocycles. The molecule has 2 heteroatoms. The first-order valence-corrected chi connectivity index (χ1v) is 17.1. The van der Waals surface area contributed by atoms with E-state index in [0.717, 1.165) is 50.0 Å². The number of furan rings is 1. The molecule has 10 rings (SSSR count). The minimum Gasteiger partial charge on any atom is -0.455 e. The van der Waals surface area contributed by atoms with Gasteiger partial charge in [0.25, 0.3) is 0 Å². The van der Waals surface area contributed by atoms with Crippen molar-refractivity contribution in [3.05, 3.63) is 188 Å². The fraction of sp³-hybridized carbons (Fsp3) is 0. The second-order valence-corrected chi connectivity index (χ2v) is 12.9. The van der Waals surface area contributed by atoms with E-state index in [-0.39, 0.29) is 0 Å². The van der Waals surface area contributed by atoms with Crippen molar-refractivity contribution in [2.24, 2.45) is 0 Å². The Labute approximate surface area is 290 Å². The van der Waals surface area contributed by atoms with Crippen molar-refractivity contribution in [1.82, 2.24) is 0 Å². The van der Waals surface area contributed by atoms with Crippen LogP contribution in [0, 0.1) is 0 Å². The van der Waals surface area contributed by atoms with Crippen LogP contribution >= 0.6 is 0 Å². The van der Waals surface area contributed by atoms with Crippen molar-refractivity contribution in [1.29, 1.82) is 0 Å². The first-order chi connectivity index (χ1) is 24.8. The standard InChI is InChI=1S/C48H31NO/c1-2-13-32(14-3-1)39-20-10-11-24-46(39)49(37-26-28-43-44-27-25-33-15-4-7-21-40(33)48(44)50-47(43)31-37)36-18-12-17-34(29-36)45-30-35-16-5-6-19-38(35)41-22-8-9-23-42(41)45/h1-31H. The van der Waals surface area contributed by atoms with Crippen molar-refractivity contribution in [2.45, 2.75) is 0 Å². The minimum absolute atomic E-state index is 0.868. The number of nitrogens with zero attached hydrogens (tertiary/aromatic N) is 1. The Morgan fingerprint density at radius 1 is 0.340 bits per heavy atom. The summed E-state index contributed by atoms with van der Waals surface area (Å²) in [5.74, 6) is 0. The third kappa shape index (κ3) is 4.57. The highest BCUT2D eigenvalue weighted by Crippen LogP contribution is 2.45. The molecular formula is C48H31NO. The quantitative estimate of drug-likeness (QED) is 0.175. The predicted molar refractivity (Wildman–Crippen MR) is 212 cm³/mol. The van der Waals surface area contributed by atoms with Gasteiger partial charge in [-0.25, -0.2) is 0 Å². The van der Waals surface area contributed by atoms with E-state index in [2.05, 4.69) is 193 Å². The smallest absolute Gasteiger partial charge is 0.143 e. The average Bonchev–Trinajstić information content (AvgIpc) is 3.57. The first kappa shape index (κ1) is 28.4. The first-order valence-electron chi connectivity index (χ1n) is 17.1. The van der Waals surface area contributed by atoms with Crippen molar-refractivity contribution in [3.63, 3.8) is 0 Å². The molecule has 0 unspecified atom stereocenters. The van der Waals surface area contributed by atoms with Crippen molar-refractivity contribution < 1.29 is 4.42 Å². The summed E-state index contributed by atoms with van der Waals surface area (Å²) in [5, 5.41) is 9.57. The number of anilines is 3. The van der Waals surface area contributed by atoms with E-state index in [9.17, 15) is 0 Å². The number of benzene rings is 9. The molecule has 234 valence electrons. The summed E-state index contributed by atoms with van der Waals surface area (Å²) < 4.78 is 6.70. The summed E-state index contributed by atoms with van der Waals surface area (Å²) in [6.07, 6.45) is 0. The lowest BCUT2D eigenvalue weighted by Crippen LogP contribution is -2.11. The maximum atomic E-state index is 6.70. The maximum absolute atomic E-state index is 6.70. The summed E-state index contributed by atoms with van der Waals surface area (Å²) in [7, 11) is 0. The summed E-state index contributed by atoms with van der Waals surface area (Å²) in [5.41, 5.74) is 9.71.